The molecule has 0 aromatic heterocycles. The first kappa shape index (κ1) is 17.6. The number of hydrogen-bond donors (Lipinski definition) is 1. The van der Waals surface area contributed by atoms with Crippen molar-refractivity contribution in [1.82, 2.24) is 0 Å². The van der Waals surface area contributed by atoms with Crippen molar-refractivity contribution in [3.8, 4) is 11.5 Å². The number of phenolic OH excluding ortho intramolecular Hbond substituents is 1. The molecule has 0 amide bonds. The topological polar surface area (TPSA) is 89.7 Å². The maximum absolute atomic E-state index is 12.2. The summed E-state index contributed by atoms with van der Waals surface area (Å²) in [4.78, 5) is 23.3. The summed E-state index contributed by atoms with van der Waals surface area (Å²) in [6, 6.07) is 9.06. The van der Waals surface area contributed by atoms with Crippen LogP contribution in [0.4, 0.5) is 5.69 Å². The summed E-state index contributed by atoms with van der Waals surface area (Å²) in [6.45, 7) is 0. The van der Waals surface area contributed by atoms with Gasteiger partial charge >= 0.3 is 5.69 Å². The van der Waals surface area contributed by atoms with Gasteiger partial charge in [-0.1, -0.05) is 12.1 Å². The maximum atomic E-state index is 12.2. The average molecular weight is 345 g/mol. The number of nitro groups is 1. The molecule has 7 heteroatoms. The smallest absolute Gasteiger partial charge is 0.311 e. The highest BCUT2D eigenvalue weighted by Gasteiger charge is 2.13. The minimum Gasteiger partial charge on any atom is -0.502 e. The van der Waals surface area contributed by atoms with E-state index < -0.39 is 16.4 Å². The van der Waals surface area contributed by atoms with Crippen LogP contribution in [-0.2, 0) is 0 Å². The van der Waals surface area contributed by atoms with Gasteiger partial charge in [-0.25, -0.2) is 0 Å². The standard InChI is InChI=1S/C17H15NO5S/c1-23-16-10-12(5-8-17(16)24-2)14(19)6-3-11-4-7-15(20)13(9-11)18(21)22/h3-10,20H,1-2H3. The van der Waals surface area contributed by atoms with Crippen LogP contribution >= 0.6 is 11.8 Å². The lowest BCUT2D eigenvalue weighted by Gasteiger charge is -2.07. The van der Waals surface area contributed by atoms with E-state index in [0.29, 0.717) is 16.9 Å². The number of thioether (sulfide) groups is 1. The quantitative estimate of drug-likeness (QED) is 0.280. The van der Waals surface area contributed by atoms with Gasteiger partial charge in [0.25, 0.3) is 0 Å². The number of ether oxygens (including phenoxy) is 1. The fourth-order valence-electron chi connectivity index (χ4n) is 2.05. The number of nitrogens with zero attached hydrogens (tertiary/aromatic N) is 1. The Labute approximate surface area is 142 Å². The van der Waals surface area contributed by atoms with Crippen molar-refractivity contribution in [1.29, 1.82) is 0 Å². The monoisotopic (exact) mass is 345 g/mol. The Kier molecular flexibility index (Phi) is 5.59. The molecule has 0 bridgehead atoms. The Bertz CT molecular complexity index is 817. The van der Waals surface area contributed by atoms with Gasteiger partial charge in [-0.15, -0.1) is 11.8 Å². The molecule has 2 aromatic carbocycles. The molecule has 24 heavy (non-hydrogen) atoms. The van der Waals surface area contributed by atoms with E-state index in [1.54, 1.807) is 18.2 Å². The normalized spacial score (nSPS) is 10.8. The number of carbonyl (C=O) groups excluding carboxylic acids is 1. The summed E-state index contributed by atoms with van der Waals surface area (Å²) in [5.74, 6) is -0.0560. The van der Waals surface area contributed by atoms with Gasteiger partial charge in [0, 0.05) is 16.5 Å². The van der Waals surface area contributed by atoms with E-state index in [1.165, 1.54) is 49.2 Å². The fraction of sp³-hybridized carbons (Fsp3) is 0.118. The summed E-state index contributed by atoms with van der Waals surface area (Å²) < 4.78 is 5.25. The summed E-state index contributed by atoms with van der Waals surface area (Å²) in [5, 5.41) is 20.2. The molecule has 124 valence electrons. The number of rotatable bonds is 6. The molecule has 0 aliphatic carbocycles. The van der Waals surface area contributed by atoms with Crippen LogP contribution in [0.25, 0.3) is 6.08 Å². The van der Waals surface area contributed by atoms with E-state index in [0.717, 1.165) is 4.90 Å². The Hall–Kier alpha value is -2.80. The number of allylic oxidation sites excluding steroid dienone is 1. The molecule has 0 spiro atoms. The number of ketones is 1. The van der Waals surface area contributed by atoms with Crippen LogP contribution in [0.5, 0.6) is 11.5 Å². The van der Waals surface area contributed by atoms with Gasteiger partial charge in [-0.05, 0) is 42.2 Å². The van der Waals surface area contributed by atoms with Gasteiger partial charge in [0.05, 0.1) is 12.0 Å². The number of aromatic hydroxyl groups is 1. The third kappa shape index (κ3) is 3.94. The van der Waals surface area contributed by atoms with Gasteiger partial charge in [0.15, 0.2) is 11.5 Å². The van der Waals surface area contributed by atoms with Crippen molar-refractivity contribution in [3.63, 3.8) is 0 Å². The zero-order valence-corrected chi connectivity index (χ0v) is 13.9. The molecule has 0 aliphatic heterocycles. The van der Waals surface area contributed by atoms with Crippen molar-refractivity contribution >= 4 is 29.3 Å². The number of carbonyl (C=O) groups is 1. The highest BCUT2D eigenvalue weighted by molar-refractivity contribution is 7.98. The molecule has 0 saturated carbocycles. The van der Waals surface area contributed by atoms with Crippen LogP contribution in [-0.4, -0.2) is 29.2 Å². The van der Waals surface area contributed by atoms with Crippen molar-refractivity contribution in [3.05, 3.63) is 63.7 Å². The fourth-order valence-corrected chi connectivity index (χ4v) is 2.60. The van der Waals surface area contributed by atoms with E-state index in [9.17, 15) is 20.0 Å². The summed E-state index contributed by atoms with van der Waals surface area (Å²) in [7, 11) is 1.54. The molecule has 0 radical (unpaired) electrons. The lowest BCUT2D eigenvalue weighted by molar-refractivity contribution is -0.385. The molecular weight excluding hydrogens is 330 g/mol. The molecular formula is C17H15NO5S. The van der Waals surface area contributed by atoms with Crippen molar-refractivity contribution in [2.75, 3.05) is 13.4 Å². The molecule has 0 atom stereocenters. The van der Waals surface area contributed by atoms with Crippen LogP contribution < -0.4 is 4.74 Å². The zero-order valence-electron chi connectivity index (χ0n) is 13.1. The predicted octanol–water partition coefficient (Wildman–Crippen LogP) is 3.93. The summed E-state index contributed by atoms with van der Waals surface area (Å²) in [6.07, 6.45) is 4.70. The Morgan fingerprint density at radius 1 is 1.29 bits per heavy atom. The third-order valence-electron chi connectivity index (χ3n) is 3.29. The van der Waals surface area contributed by atoms with E-state index in [4.69, 9.17) is 4.74 Å². The first-order valence-electron chi connectivity index (χ1n) is 6.88. The zero-order chi connectivity index (χ0) is 17.7. The SMILES string of the molecule is COc1cc(C(=O)C=Cc2ccc(O)c([N+](=O)[O-])c2)ccc1SC. The first-order chi connectivity index (χ1) is 11.5. The highest BCUT2D eigenvalue weighted by Crippen LogP contribution is 2.29. The molecule has 2 rings (SSSR count). The molecule has 0 aliphatic rings. The number of hydrogen-bond acceptors (Lipinski definition) is 6. The van der Waals surface area contributed by atoms with Crippen molar-refractivity contribution in [2.45, 2.75) is 4.90 Å². The molecule has 6 nitrogen and oxygen atoms in total. The van der Waals surface area contributed by atoms with Crippen molar-refractivity contribution in [2.24, 2.45) is 0 Å². The van der Waals surface area contributed by atoms with Crippen LogP contribution in [0.1, 0.15) is 15.9 Å². The van der Waals surface area contributed by atoms with Crippen LogP contribution in [0, 0.1) is 10.1 Å². The Morgan fingerprint density at radius 3 is 2.67 bits per heavy atom. The molecule has 0 heterocycles. The first-order valence-corrected chi connectivity index (χ1v) is 8.10. The largest absolute Gasteiger partial charge is 0.502 e. The Morgan fingerprint density at radius 2 is 2.04 bits per heavy atom. The highest BCUT2D eigenvalue weighted by atomic mass is 32.2. The van der Waals surface area contributed by atoms with Crippen molar-refractivity contribution < 1.29 is 19.6 Å². The molecule has 2 aromatic rings. The second-order valence-corrected chi connectivity index (χ2v) is 5.62. The molecule has 0 unspecified atom stereocenters. The number of methoxy groups -OCH3 is 1. The third-order valence-corrected chi connectivity index (χ3v) is 4.07. The van der Waals surface area contributed by atoms with Gasteiger partial charge in [-0.3, -0.25) is 14.9 Å². The lowest BCUT2D eigenvalue weighted by Crippen LogP contribution is -1.96. The van der Waals surface area contributed by atoms with Gasteiger partial charge in [0.1, 0.15) is 5.75 Å². The molecule has 0 saturated heterocycles. The number of nitro benzene ring substituents is 1. The second-order valence-electron chi connectivity index (χ2n) is 4.77. The molecule has 0 fully saturated rings. The minimum atomic E-state index is -0.680. The summed E-state index contributed by atoms with van der Waals surface area (Å²) in [5.41, 5.74) is 0.491. The van der Waals surface area contributed by atoms with Gasteiger partial charge in [-0.2, -0.15) is 0 Å². The maximum Gasteiger partial charge on any atom is 0.311 e. The van der Waals surface area contributed by atoms with E-state index in [-0.39, 0.29) is 5.78 Å². The second kappa shape index (κ2) is 7.65. The van der Waals surface area contributed by atoms with E-state index >= 15 is 0 Å². The van der Waals surface area contributed by atoms with Crippen LogP contribution in [0.2, 0.25) is 0 Å². The van der Waals surface area contributed by atoms with E-state index in [2.05, 4.69) is 0 Å². The lowest BCUT2D eigenvalue weighted by atomic mass is 10.1. The Balaban J connectivity index is 2.25. The van der Waals surface area contributed by atoms with Gasteiger partial charge in [0.2, 0.25) is 0 Å². The van der Waals surface area contributed by atoms with Gasteiger partial charge < -0.3 is 9.84 Å². The number of phenols is 1. The summed E-state index contributed by atoms with van der Waals surface area (Å²) >= 11 is 1.51. The van der Waals surface area contributed by atoms with E-state index in [1.807, 2.05) is 6.26 Å². The minimum absolute atomic E-state index is 0.253. The predicted molar refractivity (Wildman–Crippen MR) is 92.9 cm³/mol. The average Bonchev–Trinajstić information content (AvgIpc) is 2.59. The molecule has 1 N–H and O–H groups in total. The van der Waals surface area contributed by atoms with Crippen LogP contribution in [0.15, 0.2) is 47.4 Å². The van der Waals surface area contributed by atoms with Crippen LogP contribution in [0.3, 0.4) is 0 Å². The number of benzene rings is 2.